The normalized spacial score (nSPS) is 29.8. The number of anilines is 1. The number of phenols is 1. The number of nitrogens with zero attached hydrogens (tertiary/aromatic N) is 2. The van der Waals surface area contributed by atoms with E-state index >= 15 is 4.79 Å². The van der Waals surface area contributed by atoms with E-state index in [2.05, 4.69) is 0 Å². The van der Waals surface area contributed by atoms with Gasteiger partial charge in [0.05, 0.1) is 28.9 Å². The van der Waals surface area contributed by atoms with E-state index in [9.17, 15) is 19.5 Å². The predicted octanol–water partition coefficient (Wildman–Crippen LogP) is 5.62. The minimum atomic E-state index is -1.40. The van der Waals surface area contributed by atoms with Gasteiger partial charge in [0.2, 0.25) is 23.6 Å². The molecule has 1 N–H and O–H groups in total. The molecule has 8 heteroatoms. The number of hydrogen-bond donors (Lipinski definition) is 1. The highest BCUT2D eigenvalue weighted by molar-refractivity contribution is 6.32. The summed E-state index contributed by atoms with van der Waals surface area (Å²) in [6, 6.07) is 22.9. The van der Waals surface area contributed by atoms with Crippen LogP contribution in [0.4, 0.5) is 5.69 Å². The van der Waals surface area contributed by atoms with Crippen molar-refractivity contribution in [2.75, 3.05) is 11.4 Å². The predicted molar refractivity (Wildman–Crippen MR) is 161 cm³/mol. The van der Waals surface area contributed by atoms with Gasteiger partial charge in [-0.1, -0.05) is 84.8 Å². The molecule has 3 aromatic rings. The Morgan fingerprint density at radius 1 is 0.884 bits per heavy atom. The van der Waals surface area contributed by atoms with E-state index in [1.54, 1.807) is 42.5 Å². The number of aromatic hydroxyl groups is 1. The van der Waals surface area contributed by atoms with Crippen molar-refractivity contribution in [1.82, 2.24) is 4.90 Å². The Labute approximate surface area is 254 Å². The van der Waals surface area contributed by atoms with Crippen LogP contribution in [0.25, 0.3) is 0 Å². The average Bonchev–Trinajstić information content (AvgIpc) is 3.39. The summed E-state index contributed by atoms with van der Waals surface area (Å²) < 4.78 is 0. The molecule has 1 saturated carbocycles. The van der Waals surface area contributed by atoms with Gasteiger partial charge >= 0.3 is 0 Å². The Morgan fingerprint density at radius 2 is 1.63 bits per heavy atom. The molecule has 2 aliphatic carbocycles. The molecule has 4 amide bonds. The molecule has 218 valence electrons. The Hall–Kier alpha value is -4.23. The first-order valence-electron chi connectivity index (χ1n) is 14.8. The third-order valence-electron chi connectivity index (χ3n) is 9.95. The molecule has 2 saturated heterocycles. The minimum absolute atomic E-state index is 0.00752. The molecule has 43 heavy (non-hydrogen) atoms. The van der Waals surface area contributed by atoms with Crippen molar-refractivity contribution < 1.29 is 24.3 Å². The first-order chi connectivity index (χ1) is 20.8. The van der Waals surface area contributed by atoms with Gasteiger partial charge in [-0.05, 0) is 55.0 Å². The molecule has 3 fully saturated rings. The van der Waals surface area contributed by atoms with Crippen LogP contribution in [0.2, 0.25) is 5.02 Å². The van der Waals surface area contributed by atoms with Crippen molar-refractivity contribution in [3.8, 4) is 5.75 Å². The van der Waals surface area contributed by atoms with Crippen molar-refractivity contribution >= 4 is 40.9 Å². The summed E-state index contributed by atoms with van der Waals surface area (Å²) in [6.45, 7) is 2.29. The second-order valence-corrected chi connectivity index (χ2v) is 12.4. The first kappa shape index (κ1) is 27.6. The summed E-state index contributed by atoms with van der Waals surface area (Å²) in [5.74, 6) is -4.30. The van der Waals surface area contributed by atoms with Gasteiger partial charge in [0.25, 0.3) is 0 Å². The zero-order valence-electron chi connectivity index (χ0n) is 23.7. The van der Waals surface area contributed by atoms with E-state index < -0.39 is 40.9 Å². The van der Waals surface area contributed by atoms with Crippen LogP contribution in [0, 0.1) is 23.7 Å². The van der Waals surface area contributed by atoms with Gasteiger partial charge in [-0.25, -0.2) is 4.90 Å². The number of rotatable bonds is 5. The van der Waals surface area contributed by atoms with Crippen LogP contribution in [0.3, 0.4) is 0 Å². The van der Waals surface area contributed by atoms with Gasteiger partial charge < -0.3 is 5.11 Å². The largest absolute Gasteiger partial charge is 0.508 e. The summed E-state index contributed by atoms with van der Waals surface area (Å²) in [6.07, 6.45) is 3.25. The van der Waals surface area contributed by atoms with Crippen LogP contribution >= 0.6 is 11.6 Å². The minimum Gasteiger partial charge on any atom is -0.508 e. The highest BCUT2D eigenvalue weighted by atomic mass is 35.5. The van der Waals surface area contributed by atoms with Crippen molar-refractivity contribution in [3.63, 3.8) is 0 Å². The number of para-hydroxylation sites is 1. The maximum absolute atomic E-state index is 15.1. The van der Waals surface area contributed by atoms with Crippen molar-refractivity contribution in [3.05, 3.63) is 107 Å². The number of imide groups is 2. The number of likely N-dealkylation sites (tertiary alicyclic amines) is 1. The number of hydrogen-bond acceptors (Lipinski definition) is 5. The van der Waals surface area contributed by atoms with Gasteiger partial charge in [-0.3, -0.25) is 24.1 Å². The number of halogens is 1. The van der Waals surface area contributed by atoms with Crippen LogP contribution < -0.4 is 4.90 Å². The quantitative estimate of drug-likeness (QED) is 0.306. The number of carbonyl (C=O) groups is 4. The van der Waals surface area contributed by atoms with Crippen LogP contribution in [-0.4, -0.2) is 40.2 Å². The number of allylic oxidation sites excluding steroid dienone is 2. The second kappa shape index (κ2) is 10.2. The lowest BCUT2D eigenvalue weighted by molar-refractivity contribution is -0.140. The smallest absolute Gasteiger partial charge is 0.246 e. The summed E-state index contributed by atoms with van der Waals surface area (Å²) in [5.41, 5.74) is 0.987. The molecule has 6 unspecified atom stereocenters. The van der Waals surface area contributed by atoms with Crippen LogP contribution in [-0.2, 0) is 24.6 Å². The Balaban J connectivity index is 1.49. The average molecular weight is 595 g/mol. The van der Waals surface area contributed by atoms with Crippen LogP contribution in [0.1, 0.15) is 43.2 Å². The van der Waals surface area contributed by atoms with Crippen LogP contribution in [0.15, 0.2) is 90.5 Å². The molecule has 0 aromatic heterocycles. The lowest BCUT2D eigenvalue weighted by atomic mass is 9.49. The van der Waals surface area contributed by atoms with E-state index in [-0.39, 0.29) is 29.9 Å². The molecule has 7 nitrogen and oxygen atoms in total. The molecule has 4 aliphatic rings. The zero-order chi connectivity index (χ0) is 30.0. The SMILES string of the molecule is CCCN1C(=O)C2CC=C3C(CC4C(=O)N(c5cccc(Cl)c5)C(=O)C4(c4ccccc4)C3c3ccccc3O)C2C1=O. The number of benzene rings is 3. The van der Waals surface area contributed by atoms with Crippen molar-refractivity contribution in [1.29, 1.82) is 0 Å². The fourth-order valence-electron chi connectivity index (χ4n) is 8.33. The molecule has 2 aliphatic heterocycles. The highest BCUT2D eigenvalue weighted by Gasteiger charge is 2.70. The lowest BCUT2D eigenvalue weighted by Gasteiger charge is -2.50. The Kier molecular flexibility index (Phi) is 6.54. The topological polar surface area (TPSA) is 95.0 Å². The maximum atomic E-state index is 15.1. The van der Waals surface area contributed by atoms with Gasteiger partial charge in [0.1, 0.15) is 5.75 Å². The molecular formula is C35H31ClN2O5. The van der Waals surface area contributed by atoms with Crippen LogP contribution in [0.5, 0.6) is 5.75 Å². The van der Waals surface area contributed by atoms with E-state index in [0.29, 0.717) is 41.2 Å². The zero-order valence-corrected chi connectivity index (χ0v) is 24.4. The van der Waals surface area contributed by atoms with E-state index in [4.69, 9.17) is 11.6 Å². The first-order valence-corrected chi connectivity index (χ1v) is 15.2. The lowest BCUT2D eigenvalue weighted by Crippen LogP contribution is -2.53. The summed E-state index contributed by atoms with van der Waals surface area (Å²) >= 11 is 6.33. The van der Waals surface area contributed by atoms with E-state index in [1.807, 2.05) is 49.4 Å². The molecule has 6 atom stereocenters. The van der Waals surface area contributed by atoms with Gasteiger partial charge in [-0.2, -0.15) is 0 Å². The fourth-order valence-corrected chi connectivity index (χ4v) is 8.51. The number of fused-ring (bicyclic) bond motifs is 4. The van der Waals surface area contributed by atoms with Gasteiger partial charge in [-0.15, -0.1) is 0 Å². The molecule has 0 radical (unpaired) electrons. The third-order valence-corrected chi connectivity index (χ3v) is 10.2. The van der Waals surface area contributed by atoms with E-state index in [1.165, 1.54) is 9.80 Å². The number of phenolic OH excluding ortho intramolecular Hbond substituents is 1. The molecule has 2 heterocycles. The fraction of sp³-hybridized carbons (Fsp3) is 0.314. The van der Waals surface area contributed by atoms with Gasteiger partial charge in [0.15, 0.2) is 0 Å². The molecule has 0 spiro atoms. The maximum Gasteiger partial charge on any atom is 0.246 e. The molecule has 7 rings (SSSR count). The standard InChI is InChI=1S/C35H31ClN2O5/c1-2-17-37-31(40)25-16-15-23-26(29(25)33(37)42)19-27-32(41)38(22-12-8-11-21(36)18-22)34(43)35(27,20-9-4-3-5-10-20)30(23)24-13-6-7-14-28(24)39/h3-15,18,25-27,29-30,39H,2,16-17,19H2,1H3. The molecule has 0 bridgehead atoms. The number of carbonyl (C=O) groups excluding carboxylic acids is 4. The van der Waals surface area contributed by atoms with Crippen molar-refractivity contribution in [2.24, 2.45) is 23.7 Å². The molecular weight excluding hydrogens is 564 g/mol. The summed E-state index contributed by atoms with van der Waals surface area (Å²) in [7, 11) is 0. The Bertz CT molecular complexity index is 1700. The van der Waals surface area contributed by atoms with Gasteiger partial charge in [0, 0.05) is 23.0 Å². The monoisotopic (exact) mass is 594 g/mol. The van der Waals surface area contributed by atoms with E-state index in [0.717, 1.165) is 5.57 Å². The number of amides is 4. The third kappa shape index (κ3) is 3.80. The second-order valence-electron chi connectivity index (χ2n) is 12.0. The highest BCUT2D eigenvalue weighted by Crippen LogP contribution is 2.65. The summed E-state index contributed by atoms with van der Waals surface area (Å²) in [5, 5.41) is 11.7. The van der Waals surface area contributed by atoms with Crippen molar-refractivity contribution in [2.45, 2.75) is 37.5 Å². The Morgan fingerprint density at radius 3 is 2.35 bits per heavy atom. The summed E-state index contributed by atoms with van der Waals surface area (Å²) in [4.78, 5) is 59.5. The molecule has 3 aromatic carbocycles.